The maximum absolute atomic E-state index is 13.3. The van der Waals surface area contributed by atoms with Crippen molar-refractivity contribution in [3.8, 4) is 0 Å². The number of halogens is 1. The van der Waals surface area contributed by atoms with Gasteiger partial charge in [-0.3, -0.25) is 4.79 Å². The van der Waals surface area contributed by atoms with Gasteiger partial charge < -0.3 is 0 Å². The molecule has 0 saturated carbocycles. The lowest BCUT2D eigenvalue weighted by atomic mass is 10.1. The van der Waals surface area contributed by atoms with Gasteiger partial charge in [-0.1, -0.05) is 34.8 Å². The fraction of sp³-hybridized carbons (Fsp3) is 0.0833. The molecule has 2 rings (SSSR count). The Morgan fingerprint density at radius 3 is 2.47 bits per heavy atom. The highest BCUT2D eigenvalue weighted by Gasteiger charge is 2.09. The van der Waals surface area contributed by atoms with Crippen molar-refractivity contribution in [2.75, 3.05) is 5.12 Å². The standard InChI is InChI=1S/C12H10FNO/c1-9(15)14(13)12-7-6-10-4-2-3-5-11(10)8-12/h2-8H,1H3. The second-order valence-corrected chi connectivity index (χ2v) is 3.33. The van der Waals surface area contributed by atoms with E-state index in [2.05, 4.69) is 0 Å². The summed E-state index contributed by atoms with van der Waals surface area (Å²) in [6.45, 7) is 1.19. The lowest BCUT2D eigenvalue weighted by Gasteiger charge is -2.09. The number of amides is 1. The Bertz CT molecular complexity index is 510. The molecule has 15 heavy (non-hydrogen) atoms. The van der Waals surface area contributed by atoms with E-state index in [1.165, 1.54) is 6.92 Å². The summed E-state index contributed by atoms with van der Waals surface area (Å²) >= 11 is 0. The van der Waals surface area contributed by atoms with E-state index >= 15 is 0 Å². The van der Waals surface area contributed by atoms with Crippen molar-refractivity contribution in [2.24, 2.45) is 0 Å². The Kier molecular flexibility index (Phi) is 2.37. The molecule has 0 N–H and O–H groups in total. The number of anilines is 1. The molecule has 2 aromatic rings. The smallest absolute Gasteiger partial charge is 0.251 e. The normalized spacial score (nSPS) is 10.3. The van der Waals surface area contributed by atoms with Crippen molar-refractivity contribution >= 4 is 22.4 Å². The Morgan fingerprint density at radius 1 is 1.13 bits per heavy atom. The number of carbonyl (C=O) groups excluding carboxylic acids is 1. The third-order valence-corrected chi connectivity index (χ3v) is 2.24. The number of carbonyl (C=O) groups is 1. The van der Waals surface area contributed by atoms with Crippen LogP contribution >= 0.6 is 0 Å². The zero-order chi connectivity index (χ0) is 10.8. The van der Waals surface area contributed by atoms with Gasteiger partial charge in [0.2, 0.25) is 0 Å². The van der Waals surface area contributed by atoms with E-state index in [1.54, 1.807) is 18.2 Å². The second-order valence-electron chi connectivity index (χ2n) is 3.33. The summed E-state index contributed by atoms with van der Waals surface area (Å²) in [4.78, 5) is 10.8. The van der Waals surface area contributed by atoms with Gasteiger partial charge in [0.05, 0.1) is 5.69 Å². The van der Waals surface area contributed by atoms with Crippen LogP contribution in [0.2, 0.25) is 0 Å². The molecule has 0 unspecified atom stereocenters. The van der Waals surface area contributed by atoms with Crippen molar-refractivity contribution in [1.82, 2.24) is 0 Å². The second kappa shape index (κ2) is 3.69. The van der Waals surface area contributed by atoms with Gasteiger partial charge in [0, 0.05) is 6.92 Å². The Labute approximate surface area is 86.9 Å². The summed E-state index contributed by atoms with van der Waals surface area (Å²) in [5.74, 6) is -0.620. The SMILES string of the molecule is CC(=O)N(F)c1ccc2ccccc2c1. The van der Waals surface area contributed by atoms with Crippen LogP contribution in [0, 0.1) is 0 Å². The molecule has 0 spiro atoms. The predicted octanol–water partition coefficient (Wildman–Crippen LogP) is 3.08. The molecule has 0 aliphatic rings. The van der Waals surface area contributed by atoms with Crippen LogP contribution in [0.5, 0.6) is 0 Å². The van der Waals surface area contributed by atoms with Crippen molar-refractivity contribution in [1.29, 1.82) is 0 Å². The van der Waals surface area contributed by atoms with Gasteiger partial charge in [-0.25, -0.2) is 0 Å². The van der Waals surface area contributed by atoms with Crippen LogP contribution in [0.3, 0.4) is 0 Å². The summed E-state index contributed by atoms with van der Waals surface area (Å²) in [5.41, 5.74) is 0.265. The van der Waals surface area contributed by atoms with Gasteiger partial charge in [0.1, 0.15) is 0 Å². The van der Waals surface area contributed by atoms with Crippen LogP contribution in [-0.2, 0) is 4.79 Å². The molecule has 1 amide bonds. The van der Waals surface area contributed by atoms with E-state index in [1.807, 2.05) is 24.3 Å². The van der Waals surface area contributed by atoms with Gasteiger partial charge >= 0.3 is 0 Å². The first kappa shape index (κ1) is 9.65. The number of rotatable bonds is 1. The molecule has 3 heteroatoms. The molecule has 0 saturated heterocycles. The quantitative estimate of drug-likeness (QED) is 0.652. The van der Waals surface area contributed by atoms with Crippen molar-refractivity contribution in [3.63, 3.8) is 0 Å². The van der Waals surface area contributed by atoms with E-state index in [0.717, 1.165) is 10.8 Å². The highest BCUT2D eigenvalue weighted by atomic mass is 19.2. The average Bonchev–Trinajstić information content (AvgIpc) is 2.27. The van der Waals surface area contributed by atoms with E-state index in [-0.39, 0.29) is 10.8 Å². The zero-order valence-electron chi connectivity index (χ0n) is 8.27. The highest BCUT2D eigenvalue weighted by molar-refractivity contribution is 5.93. The number of benzene rings is 2. The molecule has 0 aliphatic carbocycles. The molecule has 0 aromatic heterocycles. The van der Waals surface area contributed by atoms with Gasteiger partial charge in [-0.2, -0.15) is 0 Å². The minimum Gasteiger partial charge on any atom is -0.272 e. The lowest BCUT2D eigenvalue weighted by Crippen LogP contribution is -2.17. The number of hydrogen-bond acceptors (Lipinski definition) is 1. The summed E-state index contributed by atoms with van der Waals surface area (Å²) < 4.78 is 13.3. The predicted molar refractivity (Wildman–Crippen MR) is 58.2 cm³/mol. The van der Waals surface area contributed by atoms with E-state index in [0.29, 0.717) is 0 Å². The number of hydrogen-bond donors (Lipinski definition) is 0. The Balaban J connectivity index is 2.51. The van der Waals surface area contributed by atoms with Crippen molar-refractivity contribution in [3.05, 3.63) is 42.5 Å². The van der Waals surface area contributed by atoms with Crippen LogP contribution in [0.4, 0.5) is 10.2 Å². The maximum Gasteiger partial charge on any atom is 0.251 e. The first-order valence-corrected chi connectivity index (χ1v) is 4.64. The topological polar surface area (TPSA) is 20.3 Å². The Morgan fingerprint density at radius 2 is 1.80 bits per heavy atom. The van der Waals surface area contributed by atoms with Crippen molar-refractivity contribution in [2.45, 2.75) is 6.92 Å². The molecule has 0 bridgehead atoms. The Hall–Kier alpha value is -1.90. The van der Waals surface area contributed by atoms with Crippen LogP contribution in [0.1, 0.15) is 6.92 Å². The summed E-state index contributed by atoms with van der Waals surface area (Å²) in [7, 11) is 0. The van der Waals surface area contributed by atoms with Gasteiger partial charge in [0.25, 0.3) is 5.91 Å². The minimum atomic E-state index is -0.620. The fourth-order valence-corrected chi connectivity index (χ4v) is 1.48. The maximum atomic E-state index is 13.3. The van der Waals surface area contributed by atoms with Gasteiger partial charge in [-0.15, -0.1) is 5.12 Å². The molecule has 0 atom stereocenters. The summed E-state index contributed by atoms with van der Waals surface area (Å²) in [6.07, 6.45) is 0. The molecular formula is C12H10FNO. The molecular weight excluding hydrogens is 193 g/mol. The third kappa shape index (κ3) is 1.81. The minimum absolute atomic E-state index is 0.145. The first-order valence-electron chi connectivity index (χ1n) is 4.64. The van der Waals surface area contributed by atoms with Crippen LogP contribution in [0.15, 0.2) is 42.5 Å². The van der Waals surface area contributed by atoms with Crippen LogP contribution < -0.4 is 5.12 Å². The third-order valence-electron chi connectivity index (χ3n) is 2.24. The molecule has 0 radical (unpaired) electrons. The monoisotopic (exact) mass is 203 g/mol. The summed E-state index contributed by atoms with van der Waals surface area (Å²) in [5, 5.41) is 2.09. The van der Waals surface area contributed by atoms with E-state index in [4.69, 9.17) is 0 Å². The fourth-order valence-electron chi connectivity index (χ4n) is 1.48. The van der Waals surface area contributed by atoms with E-state index in [9.17, 15) is 9.28 Å². The van der Waals surface area contributed by atoms with Crippen LogP contribution in [-0.4, -0.2) is 5.91 Å². The number of nitrogens with zero attached hydrogens (tertiary/aromatic N) is 1. The highest BCUT2D eigenvalue weighted by Crippen LogP contribution is 2.22. The zero-order valence-corrected chi connectivity index (χ0v) is 8.27. The summed E-state index contributed by atoms with van der Waals surface area (Å²) in [6, 6.07) is 12.6. The number of fused-ring (bicyclic) bond motifs is 1. The molecule has 0 aliphatic heterocycles. The van der Waals surface area contributed by atoms with E-state index < -0.39 is 5.91 Å². The van der Waals surface area contributed by atoms with Gasteiger partial charge in [-0.05, 0) is 22.9 Å². The molecule has 0 heterocycles. The largest absolute Gasteiger partial charge is 0.272 e. The molecule has 2 aromatic carbocycles. The average molecular weight is 203 g/mol. The molecule has 0 fully saturated rings. The lowest BCUT2D eigenvalue weighted by molar-refractivity contribution is -0.119. The van der Waals surface area contributed by atoms with Gasteiger partial charge in [0.15, 0.2) is 0 Å². The van der Waals surface area contributed by atoms with Crippen LogP contribution in [0.25, 0.3) is 10.8 Å². The van der Waals surface area contributed by atoms with Crippen molar-refractivity contribution < 1.29 is 9.28 Å². The molecule has 2 nitrogen and oxygen atoms in total. The molecule has 76 valence electrons. The first-order chi connectivity index (χ1) is 7.18.